The van der Waals surface area contributed by atoms with Crippen LogP contribution in [-0.2, 0) is 7.05 Å². The molecule has 90 valence electrons. The first-order chi connectivity index (χ1) is 8.18. The van der Waals surface area contributed by atoms with Gasteiger partial charge in [0.15, 0.2) is 0 Å². The number of para-hydroxylation sites is 1. The fourth-order valence-electron chi connectivity index (χ4n) is 2.75. The van der Waals surface area contributed by atoms with Gasteiger partial charge in [0, 0.05) is 24.4 Å². The Hall–Kier alpha value is -1.35. The van der Waals surface area contributed by atoms with Crippen LogP contribution in [0.1, 0.15) is 49.4 Å². The molecular weight excluding hydrogens is 210 g/mol. The molecule has 3 heteroatoms. The number of aryl methyl sites for hydroxylation is 1. The zero-order valence-electron chi connectivity index (χ0n) is 10.5. The topological polar surface area (TPSA) is 43.8 Å². The van der Waals surface area contributed by atoms with E-state index in [-0.39, 0.29) is 6.04 Å². The Kier molecular flexibility index (Phi) is 2.44. The molecule has 0 spiro atoms. The van der Waals surface area contributed by atoms with E-state index in [2.05, 4.69) is 18.2 Å². The molecule has 1 saturated carbocycles. The Bertz CT molecular complexity index is 550. The van der Waals surface area contributed by atoms with Gasteiger partial charge in [-0.3, -0.25) is 4.68 Å². The molecule has 0 amide bonds. The summed E-state index contributed by atoms with van der Waals surface area (Å²) in [6, 6.07) is 6.45. The highest BCUT2D eigenvalue weighted by atomic mass is 15.3. The van der Waals surface area contributed by atoms with Gasteiger partial charge in [0.2, 0.25) is 0 Å². The van der Waals surface area contributed by atoms with Crippen molar-refractivity contribution in [2.75, 3.05) is 0 Å². The van der Waals surface area contributed by atoms with Gasteiger partial charge < -0.3 is 5.73 Å². The average Bonchev–Trinajstić information content (AvgIpc) is 2.54. The van der Waals surface area contributed by atoms with E-state index in [1.807, 2.05) is 18.7 Å². The van der Waals surface area contributed by atoms with Crippen molar-refractivity contribution in [3.05, 3.63) is 29.5 Å². The third kappa shape index (κ3) is 1.57. The molecule has 1 unspecified atom stereocenters. The van der Waals surface area contributed by atoms with E-state index < -0.39 is 0 Å². The SMILES string of the molecule is CC(N)c1cccc2c(C3CCC3)nn(C)c12. The molecule has 3 rings (SSSR count). The number of nitrogens with zero attached hydrogens (tertiary/aromatic N) is 2. The summed E-state index contributed by atoms with van der Waals surface area (Å²) in [6.07, 6.45) is 3.92. The molecule has 0 bridgehead atoms. The second kappa shape index (κ2) is 3.84. The van der Waals surface area contributed by atoms with Gasteiger partial charge in [0.25, 0.3) is 0 Å². The van der Waals surface area contributed by atoms with Crippen molar-refractivity contribution in [3.63, 3.8) is 0 Å². The van der Waals surface area contributed by atoms with Crippen LogP contribution < -0.4 is 5.73 Å². The second-order valence-electron chi connectivity index (χ2n) is 5.17. The van der Waals surface area contributed by atoms with Crippen molar-refractivity contribution >= 4 is 10.9 Å². The van der Waals surface area contributed by atoms with Crippen LogP contribution in [0.15, 0.2) is 18.2 Å². The van der Waals surface area contributed by atoms with Crippen LogP contribution in [0.4, 0.5) is 0 Å². The lowest BCUT2D eigenvalue weighted by molar-refractivity contribution is 0.410. The fraction of sp³-hybridized carbons (Fsp3) is 0.500. The lowest BCUT2D eigenvalue weighted by atomic mass is 9.81. The zero-order valence-corrected chi connectivity index (χ0v) is 10.5. The van der Waals surface area contributed by atoms with Gasteiger partial charge in [0.05, 0.1) is 11.2 Å². The van der Waals surface area contributed by atoms with E-state index in [1.165, 1.54) is 41.4 Å². The molecule has 1 fully saturated rings. The maximum absolute atomic E-state index is 6.04. The normalized spacial score (nSPS) is 18.3. The third-order valence-corrected chi connectivity index (χ3v) is 3.91. The number of hydrogen-bond acceptors (Lipinski definition) is 2. The summed E-state index contributed by atoms with van der Waals surface area (Å²) in [7, 11) is 2.02. The molecular formula is C14H19N3. The van der Waals surface area contributed by atoms with Crippen molar-refractivity contribution in [2.24, 2.45) is 12.8 Å². The van der Waals surface area contributed by atoms with E-state index in [0.29, 0.717) is 5.92 Å². The van der Waals surface area contributed by atoms with Crippen molar-refractivity contribution in [1.82, 2.24) is 9.78 Å². The first-order valence-corrected chi connectivity index (χ1v) is 6.39. The van der Waals surface area contributed by atoms with E-state index in [4.69, 9.17) is 10.8 Å². The number of fused-ring (bicyclic) bond motifs is 1. The van der Waals surface area contributed by atoms with Crippen molar-refractivity contribution in [2.45, 2.75) is 38.1 Å². The number of hydrogen-bond donors (Lipinski definition) is 1. The summed E-state index contributed by atoms with van der Waals surface area (Å²) in [5.41, 5.74) is 9.72. The van der Waals surface area contributed by atoms with Crippen LogP contribution in [0.2, 0.25) is 0 Å². The summed E-state index contributed by atoms with van der Waals surface area (Å²) in [5, 5.41) is 6.01. The predicted octanol–water partition coefficient (Wildman–Crippen LogP) is 2.86. The zero-order chi connectivity index (χ0) is 12.0. The smallest absolute Gasteiger partial charge is 0.0734 e. The Labute approximate surface area is 102 Å². The first kappa shape index (κ1) is 10.8. The highest BCUT2D eigenvalue weighted by molar-refractivity contribution is 5.86. The summed E-state index contributed by atoms with van der Waals surface area (Å²) in [4.78, 5) is 0. The van der Waals surface area contributed by atoms with Gasteiger partial charge >= 0.3 is 0 Å². The molecule has 1 aromatic carbocycles. The molecule has 2 N–H and O–H groups in total. The summed E-state index contributed by atoms with van der Waals surface area (Å²) >= 11 is 0. The molecule has 2 aromatic rings. The number of nitrogens with two attached hydrogens (primary N) is 1. The predicted molar refractivity (Wildman–Crippen MR) is 69.9 cm³/mol. The molecule has 1 heterocycles. The highest BCUT2D eigenvalue weighted by Crippen LogP contribution is 2.39. The maximum Gasteiger partial charge on any atom is 0.0734 e. The van der Waals surface area contributed by atoms with Gasteiger partial charge in [-0.25, -0.2) is 0 Å². The molecule has 1 aliphatic rings. The van der Waals surface area contributed by atoms with Crippen molar-refractivity contribution in [1.29, 1.82) is 0 Å². The van der Waals surface area contributed by atoms with E-state index in [0.717, 1.165) is 0 Å². The standard InChI is InChI=1S/C14H19N3/c1-9(15)11-7-4-8-12-13(10-5-3-6-10)16-17(2)14(11)12/h4,7-10H,3,5-6,15H2,1-2H3. The Balaban J connectivity index is 2.23. The molecule has 1 atom stereocenters. The Morgan fingerprint density at radius 1 is 1.41 bits per heavy atom. The van der Waals surface area contributed by atoms with E-state index in [1.54, 1.807) is 0 Å². The largest absolute Gasteiger partial charge is 0.324 e. The Morgan fingerprint density at radius 2 is 2.18 bits per heavy atom. The van der Waals surface area contributed by atoms with Crippen LogP contribution in [0, 0.1) is 0 Å². The minimum Gasteiger partial charge on any atom is -0.324 e. The summed E-state index contributed by atoms with van der Waals surface area (Å²) in [6.45, 7) is 2.03. The molecule has 0 saturated heterocycles. The summed E-state index contributed by atoms with van der Waals surface area (Å²) in [5.74, 6) is 0.669. The minimum atomic E-state index is 0.0586. The van der Waals surface area contributed by atoms with Crippen LogP contribution in [0.3, 0.4) is 0 Å². The number of aromatic nitrogens is 2. The van der Waals surface area contributed by atoms with Crippen molar-refractivity contribution in [3.8, 4) is 0 Å². The molecule has 1 aromatic heterocycles. The van der Waals surface area contributed by atoms with Gasteiger partial charge in [0.1, 0.15) is 0 Å². The molecule has 17 heavy (non-hydrogen) atoms. The van der Waals surface area contributed by atoms with Crippen molar-refractivity contribution < 1.29 is 0 Å². The van der Waals surface area contributed by atoms with Gasteiger partial charge in [-0.05, 0) is 25.3 Å². The van der Waals surface area contributed by atoms with Crippen LogP contribution >= 0.6 is 0 Å². The highest BCUT2D eigenvalue weighted by Gasteiger charge is 2.25. The first-order valence-electron chi connectivity index (χ1n) is 6.39. The average molecular weight is 229 g/mol. The number of benzene rings is 1. The molecule has 0 aliphatic heterocycles. The third-order valence-electron chi connectivity index (χ3n) is 3.91. The monoisotopic (exact) mass is 229 g/mol. The van der Waals surface area contributed by atoms with Crippen LogP contribution in [0.5, 0.6) is 0 Å². The van der Waals surface area contributed by atoms with Gasteiger partial charge in [-0.15, -0.1) is 0 Å². The molecule has 0 radical (unpaired) electrons. The number of rotatable bonds is 2. The van der Waals surface area contributed by atoms with Gasteiger partial charge in [-0.2, -0.15) is 5.10 Å². The fourth-order valence-corrected chi connectivity index (χ4v) is 2.75. The molecule has 3 nitrogen and oxygen atoms in total. The Morgan fingerprint density at radius 3 is 2.76 bits per heavy atom. The summed E-state index contributed by atoms with van der Waals surface area (Å²) < 4.78 is 2.00. The van der Waals surface area contributed by atoms with Gasteiger partial charge in [-0.1, -0.05) is 24.6 Å². The van der Waals surface area contributed by atoms with Crippen LogP contribution in [0.25, 0.3) is 10.9 Å². The van der Waals surface area contributed by atoms with E-state index >= 15 is 0 Å². The quantitative estimate of drug-likeness (QED) is 0.860. The van der Waals surface area contributed by atoms with Crippen LogP contribution in [-0.4, -0.2) is 9.78 Å². The minimum absolute atomic E-state index is 0.0586. The maximum atomic E-state index is 6.04. The van der Waals surface area contributed by atoms with E-state index in [9.17, 15) is 0 Å². The molecule has 1 aliphatic carbocycles. The lowest BCUT2D eigenvalue weighted by Crippen LogP contribution is -2.09. The lowest BCUT2D eigenvalue weighted by Gasteiger charge is -2.23. The second-order valence-corrected chi connectivity index (χ2v) is 5.17.